The molecule has 104 valence electrons. The molecule has 20 heavy (non-hydrogen) atoms. The van der Waals surface area contributed by atoms with Gasteiger partial charge in [-0.05, 0) is 24.6 Å². The summed E-state index contributed by atoms with van der Waals surface area (Å²) in [7, 11) is 0. The highest BCUT2D eigenvalue weighted by molar-refractivity contribution is 7.99. The molecule has 0 saturated carbocycles. The molecule has 0 radical (unpaired) electrons. The fourth-order valence-electron chi connectivity index (χ4n) is 2.03. The molecule has 1 aliphatic rings. The lowest BCUT2D eigenvalue weighted by Crippen LogP contribution is -2.18. The van der Waals surface area contributed by atoms with Gasteiger partial charge in [0.2, 0.25) is 0 Å². The first-order valence-electron chi connectivity index (χ1n) is 6.82. The van der Waals surface area contributed by atoms with Gasteiger partial charge in [-0.3, -0.25) is 0 Å². The zero-order chi connectivity index (χ0) is 13.8. The van der Waals surface area contributed by atoms with Crippen molar-refractivity contribution in [2.45, 2.75) is 24.3 Å². The van der Waals surface area contributed by atoms with E-state index in [-0.39, 0.29) is 6.10 Å². The summed E-state index contributed by atoms with van der Waals surface area (Å²) >= 11 is 1.79. The van der Waals surface area contributed by atoms with Crippen LogP contribution < -0.4 is 10.1 Å². The summed E-state index contributed by atoms with van der Waals surface area (Å²) in [6, 6.07) is 9.98. The van der Waals surface area contributed by atoms with Crippen molar-refractivity contribution in [2.75, 3.05) is 17.6 Å². The standard InChI is InChI=1S/C15H17N3OS/c1-2-8-16-14-7-9-17-15(18-14)12-10-20-13-6-4-3-5-11(13)19-12/h3-7,9,12H,2,8,10H2,1H3,(H,16,17,18). The van der Waals surface area contributed by atoms with E-state index in [1.54, 1.807) is 18.0 Å². The number of nitrogens with one attached hydrogen (secondary N) is 1. The van der Waals surface area contributed by atoms with Crippen LogP contribution in [-0.2, 0) is 0 Å². The Balaban J connectivity index is 1.77. The Morgan fingerprint density at radius 1 is 1.35 bits per heavy atom. The number of aromatic nitrogens is 2. The second-order valence-electron chi connectivity index (χ2n) is 4.59. The van der Waals surface area contributed by atoms with E-state index in [0.717, 1.165) is 36.1 Å². The number of nitrogens with zero attached hydrogens (tertiary/aromatic N) is 2. The third-order valence-corrected chi connectivity index (χ3v) is 4.14. The highest BCUT2D eigenvalue weighted by Crippen LogP contribution is 2.39. The molecule has 0 bridgehead atoms. The van der Waals surface area contributed by atoms with Crippen LogP contribution in [0.4, 0.5) is 5.82 Å². The molecule has 0 spiro atoms. The Bertz CT molecular complexity index is 591. The SMILES string of the molecule is CCCNc1ccnc(C2CSc3ccccc3O2)n1. The van der Waals surface area contributed by atoms with Gasteiger partial charge in [0, 0.05) is 23.4 Å². The first kappa shape index (κ1) is 13.2. The molecular formula is C15H17N3OS. The molecule has 2 heterocycles. The average Bonchev–Trinajstić information content (AvgIpc) is 2.53. The van der Waals surface area contributed by atoms with Crippen molar-refractivity contribution >= 4 is 17.6 Å². The van der Waals surface area contributed by atoms with Crippen molar-refractivity contribution in [3.8, 4) is 5.75 Å². The summed E-state index contributed by atoms with van der Waals surface area (Å²) in [4.78, 5) is 10.1. The molecule has 5 heteroatoms. The van der Waals surface area contributed by atoms with Gasteiger partial charge in [-0.25, -0.2) is 9.97 Å². The van der Waals surface area contributed by atoms with Crippen LogP contribution in [0.15, 0.2) is 41.4 Å². The van der Waals surface area contributed by atoms with Crippen LogP contribution in [0.25, 0.3) is 0 Å². The van der Waals surface area contributed by atoms with Crippen molar-refractivity contribution in [2.24, 2.45) is 0 Å². The first-order chi connectivity index (χ1) is 9.86. The number of benzene rings is 1. The summed E-state index contributed by atoms with van der Waals surface area (Å²) in [6.07, 6.45) is 2.77. The minimum absolute atomic E-state index is 0.0849. The van der Waals surface area contributed by atoms with Crippen LogP contribution >= 0.6 is 11.8 Å². The molecule has 0 fully saturated rings. The van der Waals surface area contributed by atoms with Crippen LogP contribution in [0.2, 0.25) is 0 Å². The van der Waals surface area contributed by atoms with Gasteiger partial charge in [0.05, 0.1) is 0 Å². The largest absolute Gasteiger partial charge is 0.480 e. The van der Waals surface area contributed by atoms with Crippen molar-refractivity contribution < 1.29 is 4.74 Å². The fraction of sp³-hybridized carbons (Fsp3) is 0.333. The Hall–Kier alpha value is -1.75. The molecule has 2 aromatic rings. The molecule has 1 N–H and O–H groups in total. The smallest absolute Gasteiger partial charge is 0.172 e. The molecule has 0 aliphatic carbocycles. The second kappa shape index (κ2) is 6.13. The molecule has 1 aromatic carbocycles. The van der Waals surface area contributed by atoms with E-state index in [1.165, 1.54) is 4.90 Å². The van der Waals surface area contributed by atoms with Crippen molar-refractivity contribution in [3.05, 3.63) is 42.4 Å². The van der Waals surface area contributed by atoms with Crippen molar-refractivity contribution in [1.82, 2.24) is 9.97 Å². The molecule has 0 amide bonds. The van der Waals surface area contributed by atoms with E-state index in [1.807, 2.05) is 24.3 Å². The van der Waals surface area contributed by atoms with Gasteiger partial charge in [0.25, 0.3) is 0 Å². The number of hydrogen-bond acceptors (Lipinski definition) is 5. The van der Waals surface area contributed by atoms with Gasteiger partial charge < -0.3 is 10.1 Å². The number of fused-ring (bicyclic) bond motifs is 1. The van der Waals surface area contributed by atoms with Crippen molar-refractivity contribution in [1.29, 1.82) is 0 Å². The van der Waals surface area contributed by atoms with Gasteiger partial charge in [-0.2, -0.15) is 0 Å². The minimum atomic E-state index is -0.0849. The number of anilines is 1. The maximum absolute atomic E-state index is 6.00. The minimum Gasteiger partial charge on any atom is -0.480 e. The van der Waals surface area contributed by atoms with Gasteiger partial charge in [-0.1, -0.05) is 19.1 Å². The predicted octanol–water partition coefficient (Wildman–Crippen LogP) is 3.52. The lowest BCUT2D eigenvalue weighted by molar-refractivity contribution is 0.210. The fourth-order valence-corrected chi connectivity index (χ4v) is 3.01. The number of para-hydroxylation sites is 1. The predicted molar refractivity (Wildman–Crippen MR) is 81.3 cm³/mol. The molecule has 1 aromatic heterocycles. The Labute approximate surface area is 123 Å². The molecular weight excluding hydrogens is 270 g/mol. The molecule has 1 unspecified atom stereocenters. The maximum Gasteiger partial charge on any atom is 0.172 e. The molecule has 3 rings (SSSR count). The average molecular weight is 287 g/mol. The summed E-state index contributed by atoms with van der Waals surface area (Å²) in [6.45, 7) is 3.05. The van der Waals surface area contributed by atoms with E-state index >= 15 is 0 Å². The molecule has 1 atom stereocenters. The van der Waals surface area contributed by atoms with Gasteiger partial charge in [0.15, 0.2) is 11.9 Å². The van der Waals surface area contributed by atoms with Crippen LogP contribution in [0.3, 0.4) is 0 Å². The van der Waals surface area contributed by atoms with Gasteiger partial charge in [0.1, 0.15) is 11.6 Å². The van der Waals surface area contributed by atoms with Gasteiger partial charge in [-0.15, -0.1) is 11.8 Å². The normalized spacial score (nSPS) is 17.1. The quantitative estimate of drug-likeness (QED) is 0.932. The maximum atomic E-state index is 6.00. The monoisotopic (exact) mass is 287 g/mol. The Morgan fingerprint density at radius 2 is 2.25 bits per heavy atom. The topological polar surface area (TPSA) is 47.0 Å². The third kappa shape index (κ3) is 2.88. The van der Waals surface area contributed by atoms with E-state index in [4.69, 9.17) is 4.74 Å². The van der Waals surface area contributed by atoms with Crippen LogP contribution in [0.5, 0.6) is 5.75 Å². The molecule has 0 saturated heterocycles. The van der Waals surface area contributed by atoms with Gasteiger partial charge >= 0.3 is 0 Å². The highest BCUT2D eigenvalue weighted by atomic mass is 32.2. The van der Waals surface area contributed by atoms with E-state index in [2.05, 4.69) is 28.3 Å². The summed E-state index contributed by atoms with van der Waals surface area (Å²) < 4.78 is 6.00. The van der Waals surface area contributed by atoms with E-state index in [0.29, 0.717) is 0 Å². The third-order valence-electron chi connectivity index (χ3n) is 3.03. The summed E-state index contributed by atoms with van der Waals surface area (Å²) in [5.41, 5.74) is 0. The Kier molecular flexibility index (Phi) is 4.06. The zero-order valence-electron chi connectivity index (χ0n) is 11.4. The zero-order valence-corrected chi connectivity index (χ0v) is 12.2. The van der Waals surface area contributed by atoms with Crippen LogP contribution in [-0.4, -0.2) is 22.3 Å². The number of ether oxygens (including phenoxy) is 1. The Morgan fingerprint density at radius 3 is 3.15 bits per heavy atom. The second-order valence-corrected chi connectivity index (χ2v) is 5.65. The number of hydrogen-bond donors (Lipinski definition) is 1. The van der Waals surface area contributed by atoms with Crippen LogP contribution in [0, 0.1) is 0 Å². The molecule has 4 nitrogen and oxygen atoms in total. The number of thioether (sulfide) groups is 1. The van der Waals surface area contributed by atoms with Crippen molar-refractivity contribution in [3.63, 3.8) is 0 Å². The molecule has 1 aliphatic heterocycles. The highest BCUT2D eigenvalue weighted by Gasteiger charge is 2.23. The lowest BCUT2D eigenvalue weighted by atomic mass is 10.3. The van der Waals surface area contributed by atoms with Crippen LogP contribution in [0.1, 0.15) is 25.3 Å². The van der Waals surface area contributed by atoms with E-state index in [9.17, 15) is 0 Å². The van der Waals surface area contributed by atoms with E-state index < -0.39 is 0 Å². The number of rotatable bonds is 4. The lowest BCUT2D eigenvalue weighted by Gasteiger charge is -2.24. The summed E-state index contributed by atoms with van der Waals surface area (Å²) in [5, 5.41) is 3.28. The summed E-state index contributed by atoms with van der Waals surface area (Å²) in [5.74, 6) is 3.37. The first-order valence-corrected chi connectivity index (χ1v) is 7.80.